The number of hydrogen-bond donors (Lipinski definition) is 2. The van der Waals surface area contributed by atoms with Crippen molar-refractivity contribution in [2.45, 2.75) is 51.2 Å². The number of carbonyl (C=O) groups excluding carboxylic acids is 3. The van der Waals surface area contributed by atoms with Crippen LogP contribution in [-0.4, -0.2) is 43.5 Å². The molecule has 1 fully saturated rings. The molecule has 3 aromatic rings. The van der Waals surface area contributed by atoms with Crippen molar-refractivity contribution in [2.24, 2.45) is 0 Å². The predicted octanol–water partition coefficient (Wildman–Crippen LogP) is 5.06. The van der Waals surface area contributed by atoms with Crippen molar-refractivity contribution in [3.8, 4) is 0 Å². The third-order valence-corrected chi connectivity index (χ3v) is 7.78. The van der Waals surface area contributed by atoms with E-state index >= 15 is 0 Å². The lowest BCUT2D eigenvalue weighted by atomic mass is 9.97. The summed E-state index contributed by atoms with van der Waals surface area (Å²) < 4.78 is 5.69. The molecule has 0 aliphatic carbocycles. The summed E-state index contributed by atoms with van der Waals surface area (Å²) in [6.45, 7) is 5.12. The number of ether oxygens (including phenoxy) is 1. The largest absolute Gasteiger partial charge is 0.376 e. The van der Waals surface area contributed by atoms with Gasteiger partial charge in [0.1, 0.15) is 6.04 Å². The van der Waals surface area contributed by atoms with E-state index in [-0.39, 0.29) is 30.4 Å². The van der Waals surface area contributed by atoms with E-state index in [0.717, 1.165) is 24.8 Å². The Morgan fingerprint density at radius 2 is 1.76 bits per heavy atom. The number of anilines is 1. The predicted molar refractivity (Wildman–Crippen MR) is 150 cm³/mol. The Morgan fingerprint density at radius 3 is 2.39 bits per heavy atom. The second-order valence-corrected chi connectivity index (χ2v) is 10.5. The van der Waals surface area contributed by atoms with Crippen LogP contribution < -0.4 is 15.5 Å². The monoisotopic (exact) mass is 533 g/mol. The summed E-state index contributed by atoms with van der Waals surface area (Å²) in [5, 5.41) is 7.55. The molecule has 4 rings (SSSR count). The van der Waals surface area contributed by atoms with Crippen LogP contribution in [0.4, 0.5) is 5.69 Å². The molecule has 0 unspecified atom stereocenters. The highest BCUT2D eigenvalue weighted by Gasteiger charge is 2.33. The van der Waals surface area contributed by atoms with Gasteiger partial charge in [0.2, 0.25) is 11.8 Å². The highest BCUT2D eigenvalue weighted by Crippen LogP contribution is 2.30. The lowest BCUT2D eigenvalue weighted by Crippen LogP contribution is -2.48. The first-order valence-corrected chi connectivity index (χ1v) is 14.0. The van der Waals surface area contributed by atoms with Crippen LogP contribution in [0.2, 0.25) is 0 Å². The molecule has 3 amide bonds. The van der Waals surface area contributed by atoms with E-state index in [4.69, 9.17) is 4.74 Å². The summed E-state index contributed by atoms with van der Waals surface area (Å²) in [7, 11) is 0. The number of carbonyl (C=O) groups is 3. The molecule has 1 aliphatic rings. The maximum atomic E-state index is 13.8. The van der Waals surface area contributed by atoms with Crippen molar-refractivity contribution < 1.29 is 19.1 Å². The van der Waals surface area contributed by atoms with Gasteiger partial charge in [-0.25, -0.2) is 0 Å². The van der Waals surface area contributed by atoms with Gasteiger partial charge in [-0.15, -0.1) is 11.3 Å². The number of amides is 3. The summed E-state index contributed by atoms with van der Waals surface area (Å²) in [6.07, 6.45) is 2.83. The molecule has 2 heterocycles. The molecule has 0 spiro atoms. The first kappa shape index (κ1) is 27.5. The van der Waals surface area contributed by atoms with Gasteiger partial charge in [-0.2, -0.15) is 0 Å². The van der Waals surface area contributed by atoms with Crippen LogP contribution in [0.5, 0.6) is 0 Å². The highest BCUT2D eigenvalue weighted by atomic mass is 32.1. The second-order valence-electron chi connectivity index (χ2n) is 9.52. The Kier molecular flexibility index (Phi) is 9.67. The fourth-order valence-corrected chi connectivity index (χ4v) is 5.18. The highest BCUT2D eigenvalue weighted by molar-refractivity contribution is 7.12. The van der Waals surface area contributed by atoms with E-state index in [1.807, 2.05) is 60.0 Å². The molecular weight excluding hydrogens is 498 g/mol. The average molecular weight is 534 g/mol. The summed E-state index contributed by atoms with van der Waals surface area (Å²) >= 11 is 1.31. The van der Waals surface area contributed by atoms with Crippen LogP contribution in [0, 0.1) is 0 Å². The van der Waals surface area contributed by atoms with Crippen molar-refractivity contribution in [3.63, 3.8) is 0 Å². The minimum absolute atomic E-state index is 0.0283. The molecule has 38 heavy (non-hydrogen) atoms. The number of nitrogens with zero attached hydrogens (tertiary/aromatic N) is 1. The van der Waals surface area contributed by atoms with Crippen LogP contribution in [0.15, 0.2) is 72.1 Å². The normalized spacial score (nSPS) is 16.4. The molecule has 1 aliphatic heterocycles. The van der Waals surface area contributed by atoms with E-state index in [1.54, 1.807) is 12.1 Å². The Hall–Kier alpha value is -3.49. The van der Waals surface area contributed by atoms with Crippen molar-refractivity contribution >= 4 is 34.7 Å². The van der Waals surface area contributed by atoms with Gasteiger partial charge >= 0.3 is 0 Å². The average Bonchev–Trinajstić information content (AvgIpc) is 3.68. The quantitative estimate of drug-likeness (QED) is 0.361. The lowest BCUT2D eigenvalue weighted by Gasteiger charge is -2.32. The van der Waals surface area contributed by atoms with Gasteiger partial charge in [-0.3, -0.25) is 19.3 Å². The Bertz CT molecular complexity index is 1190. The first-order valence-electron chi connectivity index (χ1n) is 13.2. The fraction of sp³-hybridized carbons (Fsp3) is 0.367. The molecule has 200 valence electrons. The molecule has 1 aromatic heterocycles. The van der Waals surface area contributed by atoms with Crippen molar-refractivity contribution in [3.05, 3.63) is 88.1 Å². The van der Waals surface area contributed by atoms with E-state index in [0.29, 0.717) is 35.2 Å². The molecule has 2 aromatic carbocycles. The standard InChI is InChI=1S/C30H35N3O4S/c1-3-21(2)22-13-15-24(16-14-22)33(27(34)20-32-29(35)26-12-8-18-38-26)28(23-9-5-4-6-10-23)30(36)31-19-25-11-7-17-37-25/h4-6,8-10,12-16,18,21,25,28H,3,7,11,17,19-20H2,1-2H3,(H,31,36)(H,32,35)/t21-,25-,28+/m0/s1. The SMILES string of the molecule is CC[C@H](C)c1ccc(N(C(=O)CNC(=O)c2cccs2)[C@@H](C(=O)NC[C@@H]2CCCO2)c2ccccc2)cc1. The van der Waals surface area contributed by atoms with Gasteiger partial charge in [0, 0.05) is 18.8 Å². The first-order chi connectivity index (χ1) is 18.5. The topological polar surface area (TPSA) is 87.7 Å². The van der Waals surface area contributed by atoms with E-state index in [1.165, 1.54) is 16.2 Å². The van der Waals surface area contributed by atoms with Crippen LogP contribution in [-0.2, 0) is 14.3 Å². The van der Waals surface area contributed by atoms with Crippen LogP contribution >= 0.6 is 11.3 Å². The smallest absolute Gasteiger partial charge is 0.261 e. The molecule has 0 saturated carbocycles. The summed E-state index contributed by atoms with van der Waals surface area (Å²) in [5.41, 5.74) is 2.43. The number of thiophene rings is 1. The van der Waals surface area contributed by atoms with Crippen LogP contribution in [0.25, 0.3) is 0 Å². The Morgan fingerprint density at radius 1 is 1.00 bits per heavy atom. The minimum atomic E-state index is -0.918. The molecule has 7 nitrogen and oxygen atoms in total. The van der Waals surface area contributed by atoms with Crippen LogP contribution in [0.1, 0.15) is 65.9 Å². The minimum Gasteiger partial charge on any atom is -0.376 e. The van der Waals surface area contributed by atoms with Gasteiger partial charge in [0.05, 0.1) is 17.5 Å². The third-order valence-electron chi connectivity index (χ3n) is 6.92. The van der Waals surface area contributed by atoms with Gasteiger partial charge < -0.3 is 15.4 Å². The molecular formula is C30H35N3O4S. The van der Waals surface area contributed by atoms with E-state index in [2.05, 4.69) is 24.5 Å². The van der Waals surface area contributed by atoms with E-state index in [9.17, 15) is 14.4 Å². The maximum Gasteiger partial charge on any atom is 0.261 e. The van der Waals surface area contributed by atoms with Crippen molar-refractivity contribution in [2.75, 3.05) is 24.6 Å². The zero-order valence-corrected chi connectivity index (χ0v) is 22.7. The maximum absolute atomic E-state index is 13.8. The summed E-state index contributed by atoms with van der Waals surface area (Å²) in [6, 6.07) is 19.6. The third kappa shape index (κ3) is 6.88. The Balaban J connectivity index is 1.65. The van der Waals surface area contributed by atoms with Gasteiger partial charge in [-0.1, -0.05) is 62.4 Å². The number of nitrogens with one attached hydrogen (secondary N) is 2. The number of benzene rings is 2. The summed E-state index contributed by atoms with van der Waals surface area (Å²) in [4.78, 5) is 42.1. The van der Waals surface area contributed by atoms with Crippen LogP contribution in [0.3, 0.4) is 0 Å². The van der Waals surface area contributed by atoms with Gasteiger partial charge in [0.25, 0.3) is 5.91 Å². The van der Waals surface area contributed by atoms with Gasteiger partial charge in [0.15, 0.2) is 0 Å². The second kappa shape index (κ2) is 13.3. The molecule has 0 radical (unpaired) electrons. The fourth-order valence-electron chi connectivity index (χ4n) is 4.54. The lowest BCUT2D eigenvalue weighted by molar-refractivity contribution is -0.126. The zero-order chi connectivity index (χ0) is 26.9. The van der Waals surface area contributed by atoms with Gasteiger partial charge in [-0.05, 0) is 59.9 Å². The van der Waals surface area contributed by atoms with Crippen molar-refractivity contribution in [1.29, 1.82) is 0 Å². The molecule has 3 atom stereocenters. The molecule has 8 heteroatoms. The Labute approximate surface area is 228 Å². The zero-order valence-electron chi connectivity index (χ0n) is 21.9. The molecule has 2 N–H and O–H groups in total. The molecule has 0 bridgehead atoms. The molecule has 1 saturated heterocycles. The number of rotatable bonds is 11. The number of hydrogen-bond acceptors (Lipinski definition) is 5. The van der Waals surface area contributed by atoms with Crippen molar-refractivity contribution in [1.82, 2.24) is 10.6 Å². The van der Waals surface area contributed by atoms with E-state index < -0.39 is 6.04 Å². The summed E-state index contributed by atoms with van der Waals surface area (Å²) in [5.74, 6) is -0.625.